The molecule has 29 heavy (non-hydrogen) atoms. The van der Waals surface area contributed by atoms with E-state index in [1.54, 1.807) is 37.3 Å². The molecule has 1 atom stereocenters. The second kappa shape index (κ2) is 9.84. The Kier molecular flexibility index (Phi) is 7.98. The number of rotatable bonds is 6. The van der Waals surface area contributed by atoms with Crippen molar-refractivity contribution in [3.05, 3.63) is 68.7 Å². The molecule has 0 bridgehead atoms. The van der Waals surface area contributed by atoms with Crippen molar-refractivity contribution in [2.75, 3.05) is 0 Å². The Hall–Kier alpha value is -1.75. The molecule has 7 heteroatoms. The van der Waals surface area contributed by atoms with E-state index in [1.165, 1.54) is 4.90 Å². The molecule has 2 rings (SSSR count). The molecule has 0 saturated carbocycles. The van der Waals surface area contributed by atoms with Gasteiger partial charge >= 0.3 is 0 Å². The Morgan fingerprint density at radius 2 is 1.62 bits per heavy atom. The smallest absolute Gasteiger partial charge is 0.242 e. The lowest BCUT2D eigenvalue weighted by Crippen LogP contribution is -2.52. The van der Waals surface area contributed by atoms with Gasteiger partial charge in [0.25, 0.3) is 0 Å². The number of carbonyl (C=O) groups is 2. The predicted octanol–water partition coefficient (Wildman–Crippen LogP) is 5.52. The highest BCUT2D eigenvalue weighted by Crippen LogP contribution is 2.26. The number of hydrogen-bond donors (Lipinski definition) is 1. The summed E-state index contributed by atoms with van der Waals surface area (Å²) >= 11 is 18.6. The SMILES string of the molecule is C[C@H](C(=O)NC(C)(C)C)N(Cc1cccc(Cl)c1)C(=O)Cc1c(Cl)cccc1Cl. The first-order chi connectivity index (χ1) is 13.5. The van der Waals surface area contributed by atoms with Gasteiger partial charge in [0, 0.05) is 27.2 Å². The number of benzene rings is 2. The van der Waals surface area contributed by atoms with Crippen LogP contribution >= 0.6 is 34.8 Å². The standard InChI is InChI=1S/C22H25Cl3N2O2/c1-14(21(29)26-22(2,3)4)27(13-15-7-5-8-16(23)11-15)20(28)12-17-18(24)9-6-10-19(17)25/h5-11,14H,12-13H2,1-4H3,(H,26,29)/t14-/m1/s1. The minimum Gasteiger partial charge on any atom is -0.350 e. The molecular formula is C22H25Cl3N2O2. The summed E-state index contributed by atoms with van der Waals surface area (Å²) in [7, 11) is 0. The lowest BCUT2D eigenvalue weighted by molar-refractivity contribution is -0.140. The lowest BCUT2D eigenvalue weighted by Gasteiger charge is -2.31. The molecular weight excluding hydrogens is 431 g/mol. The molecule has 2 aromatic carbocycles. The van der Waals surface area contributed by atoms with Crippen molar-refractivity contribution < 1.29 is 9.59 Å². The van der Waals surface area contributed by atoms with Gasteiger partial charge in [-0.25, -0.2) is 0 Å². The minimum atomic E-state index is -0.693. The molecule has 0 saturated heterocycles. The monoisotopic (exact) mass is 454 g/mol. The van der Waals surface area contributed by atoms with Gasteiger partial charge in [-0.2, -0.15) is 0 Å². The van der Waals surface area contributed by atoms with E-state index < -0.39 is 11.6 Å². The number of hydrogen-bond acceptors (Lipinski definition) is 2. The van der Waals surface area contributed by atoms with E-state index in [2.05, 4.69) is 5.32 Å². The number of nitrogens with zero attached hydrogens (tertiary/aromatic N) is 1. The second-order valence-corrected chi connectivity index (χ2v) is 9.19. The van der Waals surface area contributed by atoms with Crippen molar-refractivity contribution in [3.8, 4) is 0 Å². The maximum Gasteiger partial charge on any atom is 0.242 e. The molecule has 0 aromatic heterocycles. The molecule has 4 nitrogen and oxygen atoms in total. The Morgan fingerprint density at radius 3 is 2.17 bits per heavy atom. The summed E-state index contributed by atoms with van der Waals surface area (Å²) in [6.07, 6.45) is -0.00773. The average Bonchev–Trinajstić information content (AvgIpc) is 2.61. The molecule has 0 aliphatic heterocycles. The van der Waals surface area contributed by atoms with Gasteiger partial charge in [0.15, 0.2) is 0 Å². The van der Waals surface area contributed by atoms with Gasteiger partial charge in [-0.1, -0.05) is 53.0 Å². The molecule has 1 N–H and O–H groups in total. The fraction of sp³-hybridized carbons (Fsp3) is 0.364. The van der Waals surface area contributed by atoms with Gasteiger partial charge in [-0.3, -0.25) is 9.59 Å². The van der Waals surface area contributed by atoms with E-state index in [4.69, 9.17) is 34.8 Å². The number of amides is 2. The summed E-state index contributed by atoms with van der Waals surface area (Å²) in [5.74, 6) is -0.491. The summed E-state index contributed by atoms with van der Waals surface area (Å²) in [6.45, 7) is 7.62. The topological polar surface area (TPSA) is 49.4 Å². The van der Waals surface area contributed by atoms with Crippen LogP contribution in [0.25, 0.3) is 0 Å². The second-order valence-electron chi connectivity index (χ2n) is 7.94. The van der Waals surface area contributed by atoms with Gasteiger partial charge in [0.05, 0.1) is 6.42 Å². The van der Waals surface area contributed by atoms with Gasteiger partial charge in [0.2, 0.25) is 11.8 Å². The van der Waals surface area contributed by atoms with E-state index in [1.807, 2.05) is 32.9 Å². The molecule has 0 heterocycles. The van der Waals surface area contributed by atoms with Crippen LogP contribution in [0.4, 0.5) is 0 Å². The van der Waals surface area contributed by atoms with E-state index in [0.717, 1.165) is 5.56 Å². The Labute approximate surface area is 187 Å². The van der Waals surface area contributed by atoms with Crippen LogP contribution in [-0.2, 0) is 22.6 Å². The highest BCUT2D eigenvalue weighted by atomic mass is 35.5. The Morgan fingerprint density at radius 1 is 1.03 bits per heavy atom. The summed E-state index contributed by atoms with van der Waals surface area (Å²) in [5, 5.41) is 4.33. The molecule has 0 aliphatic rings. The highest BCUT2D eigenvalue weighted by molar-refractivity contribution is 6.36. The van der Waals surface area contributed by atoms with Gasteiger partial charge < -0.3 is 10.2 Å². The van der Waals surface area contributed by atoms with E-state index >= 15 is 0 Å². The summed E-state index contributed by atoms with van der Waals surface area (Å²) in [6, 6.07) is 11.6. The van der Waals surface area contributed by atoms with Crippen LogP contribution in [0.5, 0.6) is 0 Å². The van der Waals surface area contributed by atoms with Crippen LogP contribution < -0.4 is 5.32 Å². The van der Waals surface area contributed by atoms with Crippen molar-refractivity contribution in [1.29, 1.82) is 0 Å². The summed E-state index contributed by atoms with van der Waals surface area (Å²) < 4.78 is 0. The first-order valence-electron chi connectivity index (χ1n) is 9.27. The first-order valence-corrected chi connectivity index (χ1v) is 10.4. The van der Waals surface area contributed by atoms with Crippen LogP contribution in [0, 0.1) is 0 Å². The third-order valence-electron chi connectivity index (χ3n) is 4.30. The van der Waals surface area contributed by atoms with Crippen molar-refractivity contribution in [1.82, 2.24) is 10.2 Å². The Bertz CT molecular complexity index is 874. The maximum absolute atomic E-state index is 13.2. The summed E-state index contributed by atoms with van der Waals surface area (Å²) in [5.41, 5.74) is 0.953. The number of halogens is 3. The van der Waals surface area contributed by atoms with Crippen molar-refractivity contribution >= 4 is 46.6 Å². The predicted molar refractivity (Wildman–Crippen MR) is 120 cm³/mol. The Balaban J connectivity index is 2.32. The van der Waals surface area contributed by atoms with Crippen LogP contribution in [0.1, 0.15) is 38.8 Å². The van der Waals surface area contributed by atoms with E-state index in [0.29, 0.717) is 20.6 Å². The molecule has 156 valence electrons. The molecule has 0 unspecified atom stereocenters. The quantitative estimate of drug-likeness (QED) is 0.623. The largest absolute Gasteiger partial charge is 0.350 e. The first kappa shape index (κ1) is 23.5. The molecule has 2 amide bonds. The fourth-order valence-electron chi connectivity index (χ4n) is 2.84. The fourth-order valence-corrected chi connectivity index (χ4v) is 3.59. The average molecular weight is 456 g/mol. The molecule has 0 radical (unpaired) electrons. The third-order valence-corrected chi connectivity index (χ3v) is 5.24. The summed E-state index contributed by atoms with van der Waals surface area (Å²) in [4.78, 5) is 27.5. The van der Waals surface area contributed by atoms with E-state index in [9.17, 15) is 9.59 Å². The van der Waals surface area contributed by atoms with Crippen LogP contribution in [0.3, 0.4) is 0 Å². The van der Waals surface area contributed by atoms with Gasteiger partial charge in [0.1, 0.15) is 6.04 Å². The molecule has 0 spiro atoms. The number of carbonyl (C=O) groups excluding carboxylic acids is 2. The highest BCUT2D eigenvalue weighted by Gasteiger charge is 2.29. The molecule has 0 fully saturated rings. The zero-order valence-corrected chi connectivity index (χ0v) is 19.2. The third kappa shape index (κ3) is 6.91. The van der Waals surface area contributed by atoms with E-state index in [-0.39, 0.29) is 24.8 Å². The normalized spacial score (nSPS) is 12.4. The van der Waals surface area contributed by atoms with Crippen molar-refractivity contribution in [2.45, 2.75) is 52.2 Å². The van der Waals surface area contributed by atoms with Gasteiger partial charge in [-0.05, 0) is 63.1 Å². The zero-order chi connectivity index (χ0) is 21.8. The van der Waals surface area contributed by atoms with Gasteiger partial charge in [-0.15, -0.1) is 0 Å². The van der Waals surface area contributed by atoms with Crippen molar-refractivity contribution in [3.63, 3.8) is 0 Å². The molecule has 2 aromatic rings. The lowest BCUT2D eigenvalue weighted by atomic mass is 10.1. The van der Waals surface area contributed by atoms with Crippen LogP contribution in [-0.4, -0.2) is 28.3 Å². The minimum absolute atomic E-state index is 0.00773. The maximum atomic E-state index is 13.2. The molecule has 0 aliphatic carbocycles. The zero-order valence-electron chi connectivity index (χ0n) is 16.9. The van der Waals surface area contributed by atoms with Crippen LogP contribution in [0.2, 0.25) is 15.1 Å². The van der Waals surface area contributed by atoms with Crippen molar-refractivity contribution in [2.24, 2.45) is 0 Å². The van der Waals surface area contributed by atoms with Crippen LogP contribution in [0.15, 0.2) is 42.5 Å². The number of nitrogens with one attached hydrogen (secondary N) is 1.